The van der Waals surface area contributed by atoms with E-state index >= 15 is 0 Å². The average molecular weight is 414 g/mol. The summed E-state index contributed by atoms with van der Waals surface area (Å²) in [5.41, 5.74) is 2.51. The Kier molecular flexibility index (Phi) is 7.43. The molecule has 6 nitrogen and oxygen atoms in total. The van der Waals surface area contributed by atoms with Crippen molar-refractivity contribution in [3.8, 4) is 11.5 Å². The first-order valence-electron chi connectivity index (χ1n) is 9.74. The largest absolute Gasteiger partial charge is 0.497 e. The van der Waals surface area contributed by atoms with Crippen LogP contribution in [0, 0.1) is 0 Å². The second-order valence-electron chi connectivity index (χ2n) is 7.04. The zero-order valence-corrected chi connectivity index (χ0v) is 17.7. The van der Waals surface area contributed by atoms with Gasteiger partial charge >= 0.3 is 0 Å². The number of nitrogens with one attached hydrogen (secondary N) is 2. The number of anilines is 1. The van der Waals surface area contributed by atoms with Gasteiger partial charge in [0, 0.05) is 23.9 Å². The summed E-state index contributed by atoms with van der Waals surface area (Å²) in [6.45, 7) is 3.31. The van der Waals surface area contributed by atoms with E-state index in [1.54, 1.807) is 18.2 Å². The fourth-order valence-corrected chi connectivity index (χ4v) is 3.56. The van der Waals surface area contributed by atoms with E-state index in [1.165, 1.54) is 52.1 Å². The third-order valence-corrected chi connectivity index (χ3v) is 5.11. The Bertz CT molecular complexity index is 827. The molecule has 1 amide bonds. The first-order chi connectivity index (χ1) is 14.1. The van der Waals surface area contributed by atoms with Crippen molar-refractivity contribution in [1.29, 1.82) is 0 Å². The minimum atomic E-state index is -0.332. The van der Waals surface area contributed by atoms with Gasteiger partial charge in [0.25, 0.3) is 5.91 Å². The standard InChI is InChI=1S/C22H27N3O3S/c1-27-19-12-17(13-20(14-19)28-2)21(26)24-22(29)23-18-8-6-16(7-9-18)15-25-10-4-3-5-11-25/h6-9,12-14H,3-5,10-11,15H2,1-2H3,(H2,23,24,26,29). The number of rotatable bonds is 6. The maximum absolute atomic E-state index is 12.5. The van der Waals surface area contributed by atoms with Crippen LogP contribution < -0.4 is 20.1 Å². The van der Waals surface area contributed by atoms with Crippen LogP contribution >= 0.6 is 12.2 Å². The first kappa shape index (κ1) is 21.1. The molecule has 2 aromatic rings. The molecule has 0 spiro atoms. The van der Waals surface area contributed by atoms with Crippen molar-refractivity contribution in [2.45, 2.75) is 25.8 Å². The molecule has 1 saturated heterocycles. The van der Waals surface area contributed by atoms with Crippen molar-refractivity contribution in [3.05, 3.63) is 53.6 Å². The number of likely N-dealkylation sites (tertiary alicyclic amines) is 1. The molecule has 0 aromatic heterocycles. The number of amides is 1. The lowest BCUT2D eigenvalue weighted by molar-refractivity contribution is 0.0977. The molecule has 1 fully saturated rings. The Morgan fingerprint density at radius 1 is 1.00 bits per heavy atom. The fourth-order valence-electron chi connectivity index (χ4n) is 3.35. The molecule has 1 aliphatic rings. The number of ether oxygens (including phenoxy) is 2. The Hall–Kier alpha value is -2.64. The Morgan fingerprint density at radius 3 is 2.21 bits per heavy atom. The van der Waals surface area contributed by atoms with Gasteiger partial charge in [0.05, 0.1) is 14.2 Å². The van der Waals surface area contributed by atoms with Gasteiger partial charge < -0.3 is 14.8 Å². The molecule has 0 radical (unpaired) electrons. The van der Waals surface area contributed by atoms with Crippen molar-refractivity contribution in [3.63, 3.8) is 0 Å². The zero-order chi connectivity index (χ0) is 20.6. The number of hydrogen-bond acceptors (Lipinski definition) is 5. The summed E-state index contributed by atoms with van der Waals surface area (Å²) in [5, 5.41) is 5.98. The molecule has 2 N–H and O–H groups in total. The molecule has 0 unspecified atom stereocenters. The lowest BCUT2D eigenvalue weighted by Gasteiger charge is -2.26. The molecule has 0 saturated carbocycles. The van der Waals surface area contributed by atoms with Crippen LogP contribution in [0.4, 0.5) is 5.69 Å². The molecule has 0 aliphatic carbocycles. The third kappa shape index (κ3) is 6.17. The monoisotopic (exact) mass is 413 g/mol. The number of carbonyl (C=O) groups is 1. The minimum absolute atomic E-state index is 0.237. The molecule has 0 bridgehead atoms. The van der Waals surface area contributed by atoms with Gasteiger partial charge in [-0.05, 0) is 68.0 Å². The summed E-state index contributed by atoms with van der Waals surface area (Å²) in [4.78, 5) is 15.0. The summed E-state index contributed by atoms with van der Waals surface area (Å²) in [5.74, 6) is 0.747. The van der Waals surface area contributed by atoms with E-state index in [9.17, 15) is 4.79 Å². The van der Waals surface area contributed by atoms with E-state index in [1.807, 2.05) is 12.1 Å². The lowest BCUT2D eigenvalue weighted by Crippen LogP contribution is -2.34. The maximum atomic E-state index is 12.5. The number of nitrogens with zero attached hydrogens (tertiary/aromatic N) is 1. The zero-order valence-electron chi connectivity index (χ0n) is 16.9. The lowest BCUT2D eigenvalue weighted by atomic mass is 10.1. The molecular weight excluding hydrogens is 386 g/mol. The Morgan fingerprint density at radius 2 is 1.62 bits per heavy atom. The molecule has 154 valence electrons. The maximum Gasteiger partial charge on any atom is 0.257 e. The predicted molar refractivity (Wildman–Crippen MR) is 119 cm³/mol. The minimum Gasteiger partial charge on any atom is -0.497 e. The van der Waals surface area contributed by atoms with Gasteiger partial charge in [0.1, 0.15) is 11.5 Å². The highest BCUT2D eigenvalue weighted by Gasteiger charge is 2.12. The van der Waals surface area contributed by atoms with Crippen molar-refractivity contribution < 1.29 is 14.3 Å². The summed E-state index contributed by atoms with van der Waals surface area (Å²) >= 11 is 5.28. The molecular formula is C22H27N3O3S. The topological polar surface area (TPSA) is 62.8 Å². The quantitative estimate of drug-likeness (QED) is 0.702. The summed E-state index contributed by atoms with van der Waals surface area (Å²) in [6, 6.07) is 13.1. The SMILES string of the molecule is COc1cc(OC)cc(C(=O)NC(=S)Nc2ccc(CN3CCCCC3)cc2)c1. The van der Waals surface area contributed by atoms with Crippen molar-refractivity contribution in [2.24, 2.45) is 0 Å². The number of thiocarbonyl (C=S) groups is 1. The molecule has 29 heavy (non-hydrogen) atoms. The van der Waals surface area contributed by atoms with Crippen molar-refractivity contribution >= 4 is 28.9 Å². The second-order valence-corrected chi connectivity index (χ2v) is 7.45. The summed E-state index contributed by atoms with van der Waals surface area (Å²) < 4.78 is 10.4. The first-order valence-corrected chi connectivity index (χ1v) is 10.1. The predicted octanol–water partition coefficient (Wildman–Crippen LogP) is 3.82. The van der Waals surface area contributed by atoms with Crippen LogP contribution in [0.25, 0.3) is 0 Å². The van der Waals surface area contributed by atoms with E-state index in [0.29, 0.717) is 17.1 Å². The normalized spacial score (nSPS) is 14.1. The van der Waals surface area contributed by atoms with E-state index in [4.69, 9.17) is 21.7 Å². The van der Waals surface area contributed by atoms with Gasteiger partial charge in [-0.3, -0.25) is 15.0 Å². The Labute approximate surface area is 177 Å². The molecule has 1 aliphatic heterocycles. The van der Waals surface area contributed by atoms with Gasteiger partial charge in [-0.15, -0.1) is 0 Å². The number of benzene rings is 2. The van der Waals surface area contributed by atoms with E-state index < -0.39 is 0 Å². The molecule has 1 heterocycles. The van der Waals surface area contributed by atoms with Gasteiger partial charge in [-0.1, -0.05) is 18.6 Å². The molecule has 0 atom stereocenters. The van der Waals surface area contributed by atoms with Crippen molar-refractivity contribution in [1.82, 2.24) is 10.2 Å². The van der Waals surface area contributed by atoms with E-state index in [-0.39, 0.29) is 11.0 Å². The van der Waals surface area contributed by atoms with Crippen LogP contribution in [0.1, 0.15) is 35.2 Å². The van der Waals surface area contributed by atoms with Gasteiger partial charge in [-0.25, -0.2) is 0 Å². The van der Waals surface area contributed by atoms with Crippen molar-refractivity contribution in [2.75, 3.05) is 32.6 Å². The number of hydrogen-bond donors (Lipinski definition) is 2. The summed E-state index contributed by atoms with van der Waals surface area (Å²) in [7, 11) is 3.08. The van der Waals surface area contributed by atoms with Crippen LogP contribution in [0.3, 0.4) is 0 Å². The van der Waals surface area contributed by atoms with Gasteiger partial charge in [-0.2, -0.15) is 0 Å². The molecule has 2 aromatic carbocycles. The molecule has 3 rings (SSSR count). The highest BCUT2D eigenvalue weighted by atomic mass is 32.1. The number of piperidine rings is 1. The van der Waals surface area contributed by atoms with Crippen LogP contribution in [-0.4, -0.2) is 43.2 Å². The van der Waals surface area contributed by atoms with Crippen LogP contribution in [-0.2, 0) is 6.54 Å². The molecule has 7 heteroatoms. The Balaban J connectivity index is 1.55. The highest BCUT2D eigenvalue weighted by molar-refractivity contribution is 7.80. The number of carbonyl (C=O) groups excluding carboxylic acids is 1. The third-order valence-electron chi connectivity index (χ3n) is 4.91. The summed E-state index contributed by atoms with van der Waals surface area (Å²) in [6.07, 6.45) is 3.91. The van der Waals surface area contributed by atoms with Crippen LogP contribution in [0.5, 0.6) is 11.5 Å². The van der Waals surface area contributed by atoms with Crippen LogP contribution in [0.2, 0.25) is 0 Å². The number of methoxy groups -OCH3 is 2. The second kappa shape index (κ2) is 10.2. The highest BCUT2D eigenvalue weighted by Crippen LogP contribution is 2.22. The average Bonchev–Trinajstić information content (AvgIpc) is 2.75. The van der Waals surface area contributed by atoms with Gasteiger partial charge in [0.2, 0.25) is 0 Å². The van der Waals surface area contributed by atoms with E-state index in [2.05, 4.69) is 27.7 Å². The fraction of sp³-hybridized carbons (Fsp3) is 0.364. The van der Waals surface area contributed by atoms with Gasteiger partial charge in [0.15, 0.2) is 5.11 Å². The smallest absolute Gasteiger partial charge is 0.257 e. The van der Waals surface area contributed by atoms with E-state index in [0.717, 1.165) is 12.2 Å². The van der Waals surface area contributed by atoms with Crippen LogP contribution in [0.15, 0.2) is 42.5 Å².